The summed E-state index contributed by atoms with van der Waals surface area (Å²) in [6, 6.07) is 16.8. The SMILES string of the molecule is CC(C)Oc1ccc(NC(=O)C(=O)NC[C@H](C)c2ccccc2)cc1. The van der Waals surface area contributed by atoms with Gasteiger partial charge in [0.2, 0.25) is 0 Å². The van der Waals surface area contributed by atoms with E-state index in [2.05, 4.69) is 10.6 Å². The zero-order valence-electron chi connectivity index (χ0n) is 14.8. The summed E-state index contributed by atoms with van der Waals surface area (Å²) in [6.45, 7) is 6.28. The van der Waals surface area contributed by atoms with Gasteiger partial charge in [-0.05, 0) is 49.6 Å². The molecule has 5 heteroatoms. The molecule has 0 fully saturated rings. The Hall–Kier alpha value is -2.82. The Labute approximate surface area is 148 Å². The van der Waals surface area contributed by atoms with Gasteiger partial charge in [0, 0.05) is 12.2 Å². The van der Waals surface area contributed by atoms with Gasteiger partial charge in [0.15, 0.2) is 0 Å². The topological polar surface area (TPSA) is 67.4 Å². The second-order valence-corrected chi connectivity index (χ2v) is 6.17. The number of nitrogens with one attached hydrogen (secondary N) is 2. The van der Waals surface area contributed by atoms with E-state index in [1.807, 2.05) is 51.1 Å². The van der Waals surface area contributed by atoms with E-state index in [9.17, 15) is 9.59 Å². The van der Waals surface area contributed by atoms with Crippen LogP contribution in [-0.2, 0) is 9.59 Å². The molecule has 0 aliphatic carbocycles. The molecule has 0 aliphatic rings. The Kier molecular flexibility index (Phi) is 6.57. The molecule has 2 N–H and O–H groups in total. The summed E-state index contributed by atoms with van der Waals surface area (Å²) in [5.41, 5.74) is 1.66. The van der Waals surface area contributed by atoms with Gasteiger partial charge in [-0.25, -0.2) is 0 Å². The third-order valence-corrected chi connectivity index (χ3v) is 3.63. The second-order valence-electron chi connectivity index (χ2n) is 6.17. The second kappa shape index (κ2) is 8.87. The Bertz CT molecular complexity index is 697. The molecule has 0 aliphatic heterocycles. The van der Waals surface area contributed by atoms with Gasteiger partial charge >= 0.3 is 11.8 Å². The van der Waals surface area contributed by atoms with Crippen LogP contribution in [0.25, 0.3) is 0 Å². The largest absolute Gasteiger partial charge is 0.491 e. The van der Waals surface area contributed by atoms with Crippen LogP contribution in [0.3, 0.4) is 0 Å². The summed E-state index contributed by atoms with van der Waals surface area (Å²) in [5.74, 6) is -0.484. The van der Waals surface area contributed by atoms with E-state index in [4.69, 9.17) is 4.74 Å². The minimum absolute atomic E-state index is 0.0813. The van der Waals surface area contributed by atoms with Crippen molar-refractivity contribution in [3.8, 4) is 5.75 Å². The predicted octanol–water partition coefficient (Wildman–Crippen LogP) is 3.33. The van der Waals surface area contributed by atoms with Crippen LogP contribution < -0.4 is 15.4 Å². The van der Waals surface area contributed by atoms with E-state index in [0.29, 0.717) is 18.0 Å². The number of anilines is 1. The molecule has 0 radical (unpaired) electrons. The van der Waals surface area contributed by atoms with Crippen molar-refractivity contribution in [2.45, 2.75) is 32.8 Å². The zero-order chi connectivity index (χ0) is 18.2. The molecule has 132 valence electrons. The van der Waals surface area contributed by atoms with Gasteiger partial charge in [-0.2, -0.15) is 0 Å². The van der Waals surface area contributed by atoms with Crippen LogP contribution in [0.1, 0.15) is 32.3 Å². The molecule has 25 heavy (non-hydrogen) atoms. The number of amides is 2. The molecule has 2 amide bonds. The van der Waals surface area contributed by atoms with E-state index in [1.54, 1.807) is 24.3 Å². The summed E-state index contributed by atoms with van der Waals surface area (Å²) in [5, 5.41) is 5.24. The van der Waals surface area contributed by atoms with Gasteiger partial charge in [0.1, 0.15) is 5.75 Å². The number of hydrogen-bond donors (Lipinski definition) is 2. The Morgan fingerprint density at radius 2 is 1.56 bits per heavy atom. The van der Waals surface area contributed by atoms with Gasteiger partial charge in [0.25, 0.3) is 0 Å². The van der Waals surface area contributed by atoms with Gasteiger partial charge in [0.05, 0.1) is 6.10 Å². The standard InChI is InChI=1S/C20H24N2O3/c1-14(2)25-18-11-9-17(10-12-18)22-20(24)19(23)21-13-15(3)16-7-5-4-6-8-16/h4-12,14-15H,13H2,1-3H3,(H,21,23)(H,22,24)/t15-/m0/s1. The van der Waals surface area contributed by atoms with Crippen molar-refractivity contribution >= 4 is 17.5 Å². The number of benzene rings is 2. The molecule has 0 unspecified atom stereocenters. The van der Waals surface area contributed by atoms with Crippen LogP contribution in [0.5, 0.6) is 5.75 Å². The Morgan fingerprint density at radius 3 is 2.16 bits per heavy atom. The molecule has 2 aromatic carbocycles. The molecule has 2 rings (SSSR count). The first-order valence-electron chi connectivity index (χ1n) is 8.36. The quantitative estimate of drug-likeness (QED) is 0.793. The fourth-order valence-electron chi connectivity index (χ4n) is 2.30. The van der Waals surface area contributed by atoms with Crippen LogP contribution in [0.2, 0.25) is 0 Å². The highest BCUT2D eigenvalue weighted by Crippen LogP contribution is 2.17. The van der Waals surface area contributed by atoms with Gasteiger partial charge in [-0.3, -0.25) is 9.59 Å². The average molecular weight is 340 g/mol. The van der Waals surface area contributed by atoms with Gasteiger partial charge in [-0.15, -0.1) is 0 Å². The van der Waals surface area contributed by atoms with Crippen molar-refractivity contribution in [1.29, 1.82) is 0 Å². The number of carbonyl (C=O) groups is 2. The maximum absolute atomic E-state index is 12.0. The first kappa shape index (κ1) is 18.5. The average Bonchev–Trinajstić information content (AvgIpc) is 2.61. The molecular formula is C20H24N2O3. The normalized spacial score (nSPS) is 11.7. The fraction of sp³-hybridized carbons (Fsp3) is 0.300. The lowest BCUT2D eigenvalue weighted by Gasteiger charge is -2.13. The van der Waals surface area contributed by atoms with Crippen molar-refractivity contribution in [3.63, 3.8) is 0 Å². The number of ether oxygens (including phenoxy) is 1. The third-order valence-electron chi connectivity index (χ3n) is 3.63. The molecule has 0 saturated carbocycles. The third kappa shape index (κ3) is 5.95. The highest BCUT2D eigenvalue weighted by atomic mass is 16.5. The van der Waals surface area contributed by atoms with Crippen LogP contribution in [0, 0.1) is 0 Å². The molecule has 0 aromatic heterocycles. The first-order valence-corrected chi connectivity index (χ1v) is 8.36. The lowest BCUT2D eigenvalue weighted by atomic mass is 10.0. The fourth-order valence-corrected chi connectivity index (χ4v) is 2.30. The number of carbonyl (C=O) groups excluding carboxylic acids is 2. The molecule has 0 spiro atoms. The van der Waals surface area contributed by atoms with Crippen LogP contribution in [-0.4, -0.2) is 24.5 Å². The van der Waals surface area contributed by atoms with E-state index in [0.717, 1.165) is 5.56 Å². The number of hydrogen-bond acceptors (Lipinski definition) is 3. The maximum Gasteiger partial charge on any atom is 0.313 e. The first-order chi connectivity index (χ1) is 12.0. The smallest absolute Gasteiger partial charge is 0.313 e. The minimum Gasteiger partial charge on any atom is -0.491 e. The predicted molar refractivity (Wildman–Crippen MR) is 98.7 cm³/mol. The Morgan fingerprint density at radius 1 is 0.920 bits per heavy atom. The van der Waals surface area contributed by atoms with Crippen molar-refractivity contribution in [2.24, 2.45) is 0 Å². The maximum atomic E-state index is 12.0. The van der Waals surface area contributed by atoms with Crippen molar-refractivity contribution in [3.05, 3.63) is 60.2 Å². The lowest BCUT2D eigenvalue weighted by molar-refractivity contribution is -0.136. The minimum atomic E-state index is -0.683. The highest BCUT2D eigenvalue weighted by molar-refractivity contribution is 6.39. The molecule has 5 nitrogen and oxygen atoms in total. The zero-order valence-corrected chi connectivity index (χ0v) is 14.8. The molecule has 2 aromatic rings. The van der Waals surface area contributed by atoms with Gasteiger partial charge in [-0.1, -0.05) is 37.3 Å². The van der Waals surface area contributed by atoms with E-state index >= 15 is 0 Å². The highest BCUT2D eigenvalue weighted by Gasteiger charge is 2.15. The summed E-state index contributed by atoms with van der Waals surface area (Å²) < 4.78 is 5.54. The molecule has 1 atom stereocenters. The van der Waals surface area contributed by atoms with Crippen molar-refractivity contribution in [1.82, 2.24) is 5.32 Å². The Balaban J connectivity index is 1.83. The molecule has 0 saturated heterocycles. The van der Waals surface area contributed by atoms with E-state index in [-0.39, 0.29) is 12.0 Å². The number of rotatable bonds is 6. The van der Waals surface area contributed by atoms with Gasteiger partial charge < -0.3 is 15.4 Å². The van der Waals surface area contributed by atoms with Crippen molar-refractivity contribution < 1.29 is 14.3 Å². The monoisotopic (exact) mass is 340 g/mol. The summed E-state index contributed by atoms with van der Waals surface area (Å²) in [7, 11) is 0. The van der Waals surface area contributed by atoms with E-state index in [1.165, 1.54) is 0 Å². The molecule has 0 heterocycles. The van der Waals surface area contributed by atoms with Crippen LogP contribution >= 0.6 is 0 Å². The lowest BCUT2D eigenvalue weighted by Crippen LogP contribution is -2.37. The van der Waals surface area contributed by atoms with Crippen LogP contribution in [0.4, 0.5) is 5.69 Å². The van der Waals surface area contributed by atoms with Crippen molar-refractivity contribution in [2.75, 3.05) is 11.9 Å². The molecular weight excluding hydrogens is 316 g/mol. The van der Waals surface area contributed by atoms with Crippen LogP contribution in [0.15, 0.2) is 54.6 Å². The molecule has 0 bridgehead atoms. The summed E-state index contributed by atoms with van der Waals surface area (Å²) in [4.78, 5) is 23.9. The van der Waals surface area contributed by atoms with E-state index < -0.39 is 11.8 Å². The summed E-state index contributed by atoms with van der Waals surface area (Å²) >= 11 is 0. The summed E-state index contributed by atoms with van der Waals surface area (Å²) in [6.07, 6.45) is 0.0813.